The van der Waals surface area contributed by atoms with Gasteiger partial charge in [-0.25, -0.2) is 4.79 Å². The summed E-state index contributed by atoms with van der Waals surface area (Å²) < 4.78 is 15.8. The molecule has 2 aromatic carbocycles. The minimum absolute atomic E-state index is 0.0408. The van der Waals surface area contributed by atoms with Crippen molar-refractivity contribution in [1.82, 2.24) is 0 Å². The molecule has 2 aromatic rings. The van der Waals surface area contributed by atoms with Gasteiger partial charge in [0.05, 0.1) is 24.7 Å². The van der Waals surface area contributed by atoms with Gasteiger partial charge in [-0.2, -0.15) is 0 Å². The largest absolute Gasteiger partial charge is 0.497 e. The van der Waals surface area contributed by atoms with E-state index in [-0.39, 0.29) is 17.9 Å². The molecule has 3 rings (SSSR count). The summed E-state index contributed by atoms with van der Waals surface area (Å²) in [5, 5.41) is 11.6. The number of nitrogens with zero attached hydrogens (tertiary/aromatic N) is 2. The third-order valence-electron chi connectivity index (χ3n) is 4.95. The Labute approximate surface area is 169 Å². The van der Waals surface area contributed by atoms with E-state index in [4.69, 9.17) is 14.2 Å². The topological polar surface area (TPSA) is 91.1 Å². The van der Waals surface area contributed by atoms with Gasteiger partial charge in [0, 0.05) is 24.7 Å². The number of hydrogen-bond acceptors (Lipinski definition) is 7. The number of esters is 1. The van der Waals surface area contributed by atoms with E-state index in [1.165, 1.54) is 13.2 Å². The summed E-state index contributed by atoms with van der Waals surface area (Å²) in [6.07, 6.45) is 3.13. The maximum absolute atomic E-state index is 12.5. The number of carbonyl (C=O) groups excluding carboxylic acids is 1. The molecule has 0 bridgehead atoms. The molecular formula is C21H24N2O6. The Balaban J connectivity index is 1.77. The number of nitro benzene ring substituents is 1. The van der Waals surface area contributed by atoms with Gasteiger partial charge in [-0.15, -0.1) is 0 Å². The van der Waals surface area contributed by atoms with Crippen LogP contribution in [0.4, 0.5) is 11.4 Å². The normalized spacial score (nSPS) is 13.7. The van der Waals surface area contributed by atoms with Gasteiger partial charge in [-0.1, -0.05) is 0 Å². The lowest BCUT2D eigenvalue weighted by Gasteiger charge is -2.28. The van der Waals surface area contributed by atoms with E-state index in [1.807, 2.05) is 4.90 Å². The predicted octanol–water partition coefficient (Wildman–Crippen LogP) is 3.96. The summed E-state index contributed by atoms with van der Waals surface area (Å²) in [4.78, 5) is 25.6. The third kappa shape index (κ3) is 4.77. The highest BCUT2D eigenvalue weighted by atomic mass is 16.6. The molecule has 0 radical (unpaired) electrons. The van der Waals surface area contributed by atoms with Gasteiger partial charge in [0.25, 0.3) is 5.69 Å². The zero-order valence-electron chi connectivity index (χ0n) is 16.6. The monoisotopic (exact) mass is 400 g/mol. The molecule has 1 heterocycles. The minimum atomic E-state index is -0.636. The van der Waals surface area contributed by atoms with Crippen LogP contribution in [-0.2, 0) is 11.3 Å². The van der Waals surface area contributed by atoms with Crippen LogP contribution in [0.5, 0.6) is 11.5 Å². The Bertz CT molecular complexity index is 893. The number of rotatable bonds is 7. The van der Waals surface area contributed by atoms with E-state index in [0.29, 0.717) is 22.7 Å². The standard InChI is InChI=1S/C21H24N2O6/c1-27-17-7-9-20(28-2)16(12-17)14-29-21(24)15-6-8-18(19(13-15)23(25)26)22-10-4-3-5-11-22/h6-9,12-13H,3-5,10-11,14H2,1-2H3. The molecule has 0 aliphatic carbocycles. The van der Waals surface area contributed by atoms with Crippen molar-refractivity contribution in [2.45, 2.75) is 25.9 Å². The van der Waals surface area contributed by atoms with E-state index in [1.54, 1.807) is 37.4 Å². The van der Waals surface area contributed by atoms with Gasteiger partial charge < -0.3 is 19.1 Å². The summed E-state index contributed by atoms with van der Waals surface area (Å²) in [5.41, 5.74) is 1.24. The lowest BCUT2D eigenvalue weighted by Crippen LogP contribution is -2.30. The lowest BCUT2D eigenvalue weighted by molar-refractivity contribution is -0.384. The summed E-state index contributed by atoms with van der Waals surface area (Å²) in [6, 6.07) is 9.67. The Morgan fingerprint density at radius 1 is 1.07 bits per heavy atom. The highest BCUT2D eigenvalue weighted by Gasteiger charge is 2.23. The number of hydrogen-bond donors (Lipinski definition) is 0. The average Bonchev–Trinajstić information content (AvgIpc) is 2.77. The van der Waals surface area contributed by atoms with Crippen molar-refractivity contribution < 1.29 is 23.9 Å². The molecular weight excluding hydrogens is 376 g/mol. The first kappa shape index (κ1) is 20.4. The second-order valence-electron chi connectivity index (χ2n) is 6.76. The number of ether oxygens (including phenoxy) is 3. The molecule has 8 heteroatoms. The lowest BCUT2D eigenvalue weighted by atomic mass is 10.1. The predicted molar refractivity (Wildman–Crippen MR) is 108 cm³/mol. The van der Waals surface area contributed by atoms with E-state index >= 15 is 0 Å². The third-order valence-corrected chi connectivity index (χ3v) is 4.95. The van der Waals surface area contributed by atoms with Crippen molar-refractivity contribution >= 4 is 17.3 Å². The maximum Gasteiger partial charge on any atom is 0.338 e. The molecule has 29 heavy (non-hydrogen) atoms. The minimum Gasteiger partial charge on any atom is -0.497 e. The maximum atomic E-state index is 12.5. The summed E-state index contributed by atoms with van der Waals surface area (Å²) in [6.45, 7) is 1.52. The van der Waals surface area contributed by atoms with Crippen LogP contribution < -0.4 is 14.4 Å². The van der Waals surface area contributed by atoms with Crippen LogP contribution >= 0.6 is 0 Å². The van der Waals surface area contributed by atoms with Crippen molar-refractivity contribution in [3.63, 3.8) is 0 Å². The fraction of sp³-hybridized carbons (Fsp3) is 0.381. The van der Waals surface area contributed by atoms with Crippen molar-refractivity contribution in [3.05, 3.63) is 57.6 Å². The van der Waals surface area contributed by atoms with Crippen LogP contribution in [0.15, 0.2) is 36.4 Å². The highest BCUT2D eigenvalue weighted by molar-refractivity contribution is 5.91. The van der Waals surface area contributed by atoms with Gasteiger partial charge in [0.1, 0.15) is 23.8 Å². The Morgan fingerprint density at radius 2 is 1.83 bits per heavy atom. The van der Waals surface area contributed by atoms with Crippen LogP contribution in [0, 0.1) is 10.1 Å². The van der Waals surface area contributed by atoms with E-state index < -0.39 is 10.9 Å². The summed E-state index contributed by atoms with van der Waals surface area (Å²) >= 11 is 0. The summed E-state index contributed by atoms with van der Waals surface area (Å²) in [5.74, 6) is 0.534. The molecule has 0 unspecified atom stereocenters. The fourth-order valence-corrected chi connectivity index (χ4v) is 3.42. The molecule has 0 aromatic heterocycles. The zero-order chi connectivity index (χ0) is 20.8. The first-order valence-corrected chi connectivity index (χ1v) is 9.45. The highest BCUT2D eigenvalue weighted by Crippen LogP contribution is 2.32. The van der Waals surface area contributed by atoms with Gasteiger partial charge >= 0.3 is 5.97 Å². The van der Waals surface area contributed by atoms with Gasteiger partial charge in [0.15, 0.2) is 0 Å². The number of nitro groups is 1. The van der Waals surface area contributed by atoms with E-state index in [2.05, 4.69) is 0 Å². The first-order chi connectivity index (χ1) is 14.0. The Kier molecular flexibility index (Phi) is 6.54. The SMILES string of the molecule is COc1ccc(OC)c(COC(=O)c2ccc(N3CCCCC3)c([N+](=O)[O-])c2)c1. The van der Waals surface area contributed by atoms with Gasteiger partial charge in [-0.3, -0.25) is 10.1 Å². The van der Waals surface area contributed by atoms with Crippen molar-refractivity contribution in [2.75, 3.05) is 32.2 Å². The van der Waals surface area contributed by atoms with Crippen molar-refractivity contribution in [2.24, 2.45) is 0 Å². The molecule has 0 N–H and O–H groups in total. The fourth-order valence-electron chi connectivity index (χ4n) is 3.42. The van der Waals surface area contributed by atoms with E-state index in [0.717, 1.165) is 32.4 Å². The smallest absolute Gasteiger partial charge is 0.338 e. The molecule has 1 fully saturated rings. The number of anilines is 1. The van der Waals surface area contributed by atoms with Crippen LogP contribution in [-0.4, -0.2) is 38.2 Å². The molecule has 1 aliphatic heterocycles. The van der Waals surface area contributed by atoms with Crippen LogP contribution in [0.2, 0.25) is 0 Å². The Hall–Kier alpha value is -3.29. The average molecular weight is 400 g/mol. The van der Waals surface area contributed by atoms with Crippen LogP contribution in [0.25, 0.3) is 0 Å². The summed E-state index contributed by atoms with van der Waals surface area (Å²) in [7, 11) is 3.07. The number of benzene rings is 2. The van der Waals surface area contributed by atoms with Crippen LogP contribution in [0.1, 0.15) is 35.2 Å². The molecule has 0 spiro atoms. The molecule has 0 amide bonds. The quantitative estimate of drug-likeness (QED) is 0.395. The molecule has 1 aliphatic rings. The number of methoxy groups -OCH3 is 2. The van der Waals surface area contributed by atoms with E-state index in [9.17, 15) is 14.9 Å². The van der Waals surface area contributed by atoms with Gasteiger partial charge in [0.2, 0.25) is 0 Å². The van der Waals surface area contributed by atoms with Crippen molar-refractivity contribution in [3.8, 4) is 11.5 Å². The molecule has 0 saturated carbocycles. The molecule has 1 saturated heterocycles. The van der Waals surface area contributed by atoms with Gasteiger partial charge in [-0.05, 0) is 49.6 Å². The second kappa shape index (κ2) is 9.27. The zero-order valence-corrected chi connectivity index (χ0v) is 16.6. The first-order valence-electron chi connectivity index (χ1n) is 9.45. The van der Waals surface area contributed by atoms with Crippen molar-refractivity contribution in [1.29, 1.82) is 0 Å². The molecule has 8 nitrogen and oxygen atoms in total. The van der Waals surface area contributed by atoms with Crippen LogP contribution in [0.3, 0.4) is 0 Å². The number of carbonyl (C=O) groups is 1. The Morgan fingerprint density at radius 3 is 2.48 bits per heavy atom. The molecule has 154 valence electrons. The number of piperidine rings is 1. The second-order valence-corrected chi connectivity index (χ2v) is 6.76. The molecule has 0 atom stereocenters.